The largest absolute Gasteiger partial charge is 0.303 e. The minimum absolute atomic E-state index is 0.705. The fraction of sp³-hybridized carbons (Fsp3) is 1.00. The first kappa shape index (κ1) is 10.0. The summed E-state index contributed by atoms with van der Waals surface area (Å²) in [6.07, 6.45) is 5.83. The molecule has 0 unspecified atom stereocenters. The van der Waals surface area contributed by atoms with E-state index in [4.69, 9.17) is 0 Å². The van der Waals surface area contributed by atoms with Gasteiger partial charge >= 0.3 is 0 Å². The van der Waals surface area contributed by atoms with Gasteiger partial charge in [-0.05, 0) is 44.2 Å². The Bertz CT molecular complexity index is 121. The molecule has 0 aliphatic carbocycles. The highest BCUT2D eigenvalue weighted by molar-refractivity contribution is 4.87. The molecule has 2 aliphatic rings. The number of piperidine rings is 2. The number of hydrogen-bond acceptors (Lipinski definition) is 1. The lowest BCUT2D eigenvalue weighted by Crippen LogP contribution is -2.46. The third-order valence-corrected chi connectivity index (χ3v) is 3.11. The molecule has 0 aromatic heterocycles. The summed E-state index contributed by atoms with van der Waals surface area (Å²) in [5.41, 5.74) is 0.705. The third-order valence-electron chi connectivity index (χ3n) is 3.11. The molecule has 0 saturated carbocycles. The molecule has 0 aromatic rings. The van der Waals surface area contributed by atoms with E-state index in [-0.39, 0.29) is 0 Å². The Morgan fingerprint density at radius 1 is 1.00 bits per heavy atom. The van der Waals surface area contributed by atoms with Crippen LogP contribution in [0.25, 0.3) is 0 Å². The fourth-order valence-electron chi connectivity index (χ4n) is 2.55. The molecule has 72 valence electrons. The van der Waals surface area contributed by atoms with E-state index in [0.29, 0.717) is 5.41 Å². The van der Waals surface area contributed by atoms with E-state index in [1.165, 1.54) is 45.3 Å². The zero-order valence-electron chi connectivity index (χ0n) is 8.90. The minimum atomic E-state index is 0.705. The van der Waals surface area contributed by atoms with Crippen molar-refractivity contribution in [2.45, 2.75) is 46.5 Å². The predicted molar refractivity (Wildman–Crippen MR) is 54.4 cm³/mol. The number of nitrogens with zero attached hydrogens (tertiary/aromatic N) is 1. The molecule has 2 bridgehead atoms. The first-order valence-corrected chi connectivity index (χ1v) is 5.51. The molecule has 1 heteroatoms. The maximum absolute atomic E-state index is 2.63. The van der Waals surface area contributed by atoms with Crippen molar-refractivity contribution >= 4 is 0 Å². The maximum atomic E-state index is 2.63. The third kappa shape index (κ3) is 2.22. The Morgan fingerprint density at radius 3 is 1.83 bits per heavy atom. The van der Waals surface area contributed by atoms with Crippen LogP contribution in [-0.4, -0.2) is 24.5 Å². The van der Waals surface area contributed by atoms with Gasteiger partial charge in [0.15, 0.2) is 0 Å². The lowest BCUT2D eigenvalue weighted by Gasteiger charge is -2.45. The van der Waals surface area contributed by atoms with E-state index in [1.54, 1.807) is 0 Å². The van der Waals surface area contributed by atoms with Gasteiger partial charge in [-0.15, -0.1) is 0 Å². The summed E-state index contributed by atoms with van der Waals surface area (Å²) in [7, 11) is 0. The summed E-state index contributed by atoms with van der Waals surface area (Å²) in [4.78, 5) is 2.63. The Hall–Kier alpha value is -0.0400. The molecular formula is C11H23N. The summed E-state index contributed by atoms with van der Waals surface area (Å²) in [5.74, 6) is 0. The molecule has 0 spiro atoms. The van der Waals surface area contributed by atoms with Gasteiger partial charge in [-0.1, -0.05) is 20.8 Å². The zero-order valence-corrected chi connectivity index (χ0v) is 8.90. The smallest absolute Gasteiger partial charge is 0.00353 e. The van der Waals surface area contributed by atoms with Gasteiger partial charge in [-0.25, -0.2) is 0 Å². The minimum Gasteiger partial charge on any atom is -0.303 e. The van der Waals surface area contributed by atoms with Gasteiger partial charge in [0.1, 0.15) is 0 Å². The van der Waals surface area contributed by atoms with E-state index in [2.05, 4.69) is 11.8 Å². The van der Waals surface area contributed by atoms with E-state index >= 15 is 0 Å². The number of rotatable bonds is 0. The molecule has 2 rings (SSSR count). The second kappa shape index (κ2) is 4.27. The molecule has 12 heavy (non-hydrogen) atoms. The van der Waals surface area contributed by atoms with E-state index < -0.39 is 0 Å². The summed E-state index contributed by atoms with van der Waals surface area (Å²) in [6.45, 7) is 10.6. The van der Waals surface area contributed by atoms with Gasteiger partial charge in [0.25, 0.3) is 0 Å². The van der Waals surface area contributed by atoms with Gasteiger partial charge in [-0.3, -0.25) is 0 Å². The Labute approximate surface area is 77.1 Å². The normalized spacial score (nSPS) is 39.8. The molecule has 2 heterocycles. The fourth-order valence-corrected chi connectivity index (χ4v) is 2.55. The molecule has 0 atom stereocenters. The van der Waals surface area contributed by atoms with E-state index in [0.717, 1.165) is 0 Å². The van der Waals surface area contributed by atoms with Crippen LogP contribution in [0.2, 0.25) is 0 Å². The van der Waals surface area contributed by atoms with Crippen LogP contribution in [0.4, 0.5) is 0 Å². The van der Waals surface area contributed by atoms with Crippen molar-refractivity contribution in [2.75, 3.05) is 19.6 Å². The van der Waals surface area contributed by atoms with Crippen LogP contribution in [0.3, 0.4) is 0 Å². The van der Waals surface area contributed by atoms with Gasteiger partial charge in [-0.2, -0.15) is 0 Å². The quantitative estimate of drug-likeness (QED) is 0.539. The average molecular weight is 169 g/mol. The van der Waals surface area contributed by atoms with Crippen molar-refractivity contribution < 1.29 is 0 Å². The van der Waals surface area contributed by atoms with E-state index in [1.807, 2.05) is 13.8 Å². The van der Waals surface area contributed by atoms with Crippen LogP contribution in [0.5, 0.6) is 0 Å². The van der Waals surface area contributed by atoms with Crippen molar-refractivity contribution in [3.8, 4) is 0 Å². The molecule has 2 aliphatic heterocycles. The van der Waals surface area contributed by atoms with E-state index in [9.17, 15) is 0 Å². The molecule has 2 saturated heterocycles. The van der Waals surface area contributed by atoms with Crippen molar-refractivity contribution in [1.82, 2.24) is 4.90 Å². The van der Waals surface area contributed by atoms with Gasteiger partial charge < -0.3 is 4.90 Å². The zero-order chi connectivity index (χ0) is 9.03. The predicted octanol–water partition coefficient (Wildman–Crippen LogP) is 2.91. The Balaban J connectivity index is 0.000000336. The van der Waals surface area contributed by atoms with Crippen LogP contribution in [0, 0.1) is 5.41 Å². The highest BCUT2D eigenvalue weighted by Gasteiger charge is 2.33. The lowest BCUT2D eigenvalue weighted by atomic mass is 9.75. The van der Waals surface area contributed by atoms with Gasteiger partial charge in [0, 0.05) is 6.54 Å². The molecule has 0 amide bonds. The SMILES string of the molecule is CC.CC12CCCN(CCC1)C2. The van der Waals surface area contributed by atoms with Crippen LogP contribution < -0.4 is 0 Å². The van der Waals surface area contributed by atoms with Gasteiger partial charge in [0.05, 0.1) is 0 Å². The summed E-state index contributed by atoms with van der Waals surface area (Å²) in [5, 5.41) is 0. The highest BCUT2D eigenvalue weighted by atomic mass is 15.1. The second-order valence-corrected chi connectivity index (χ2v) is 4.29. The molecule has 0 radical (unpaired) electrons. The highest BCUT2D eigenvalue weighted by Crippen LogP contribution is 2.37. The van der Waals surface area contributed by atoms with Crippen LogP contribution in [0.1, 0.15) is 46.5 Å². The van der Waals surface area contributed by atoms with Crippen molar-refractivity contribution in [3.63, 3.8) is 0 Å². The molecule has 0 aromatic carbocycles. The number of fused-ring (bicyclic) bond motifs is 2. The first-order chi connectivity index (χ1) is 5.79. The standard InChI is InChI=1S/C9H17N.C2H6/c1-9-4-2-6-10(8-9)7-3-5-9;1-2/h2-8H2,1H3;1-2H3. The molecule has 0 N–H and O–H groups in total. The second-order valence-electron chi connectivity index (χ2n) is 4.29. The summed E-state index contributed by atoms with van der Waals surface area (Å²) in [6, 6.07) is 0. The van der Waals surface area contributed by atoms with Crippen molar-refractivity contribution in [2.24, 2.45) is 5.41 Å². The number of hydrogen-bond donors (Lipinski definition) is 0. The van der Waals surface area contributed by atoms with Crippen molar-refractivity contribution in [3.05, 3.63) is 0 Å². The molecule has 1 nitrogen and oxygen atoms in total. The van der Waals surface area contributed by atoms with Crippen molar-refractivity contribution in [1.29, 1.82) is 0 Å². The Morgan fingerprint density at radius 2 is 1.50 bits per heavy atom. The molecular weight excluding hydrogens is 146 g/mol. The lowest BCUT2D eigenvalue weighted by molar-refractivity contribution is 0.0525. The van der Waals surface area contributed by atoms with Crippen LogP contribution in [-0.2, 0) is 0 Å². The first-order valence-electron chi connectivity index (χ1n) is 5.51. The Kier molecular flexibility index (Phi) is 3.57. The molecule has 2 fully saturated rings. The summed E-state index contributed by atoms with van der Waals surface area (Å²) < 4.78 is 0. The average Bonchev–Trinajstić information content (AvgIpc) is 2.07. The topological polar surface area (TPSA) is 3.24 Å². The van der Waals surface area contributed by atoms with Crippen LogP contribution >= 0.6 is 0 Å². The van der Waals surface area contributed by atoms with Crippen LogP contribution in [0.15, 0.2) is 0 Å². The van der Waals surface area contributed by atoms with Gasteiger partial charge in [0.2, 0.25) is 0 Å². The summed E-state index contributed by atoms with van der Waals surface area (Å²) >= 11 is 0. The maximum Gasteiger partial charge on any atom is 0.00353 e. The monoisotopic (exact) mass is 169 g/mol.